The SMILES string of the molecule is Nc1cc(C(=O)O)cc(OC(F)(F)F)c1Cl. The van der Waals surface area contributed by atoms with Crippen molar-refractivity contribution in [2.45, 2.75) is 6.36 Å². The molecule has 0 spiro atoms. The number of carbonyl (C=O) groups is 1. The van der Waals surface area contributed by atoms with Gasteiger partial charge in [-0.3, -0.25) is 0 Å². The standard InChI is InChI=1S/C8H5ClF3NO3/c9-6-4(13)1-3(7(14)15)2-5(6)16-8(10,11)12/h1-2H,13H2,(H,14,15). The van der Waals surface area contributed by atoms with Crippen LogP contribution in [0.4, 0.5) is 18.9 Å². The average Bonchev–Trinajstić information content (AvgIpc) is 2.10. The first kappa shape index (κ1) is 12.4. The van der Waals surface area contributed by atoms with E-state index in [1.807, 2.05) is 0 Å². The first-order valence-corrected chi connectivity index (χ1v) is 4.16. The zero-order valence-corrected chi connectivity index (χ0v) is 8.26. The lowest BCUT2D eigenvalue weighted by Crippen LogP contribution is -2.18. The molecule has 0 bridgehead atoms. The Kier molecular flexibility index (Phi) is 3.18. The molecule has 0 saturated carbocycles. The minimum absolute atomic E-state index is 0.305. The minimum atomic E-state index is -4.97. The van der Waals surface area contributed by atoms with E-state index in [4.69, 9.17) is 22.4 Å². The van der Waals surface area contributed by atoms with Gasteiger partial charge < -0.3 is 15.6 Å². The largest absolute Gasteiger partial charge is 0.573 e. The van der Waals surface area contributed by atoms with Gasteiger partial charge in [-0.05, 0) is 12.1 Å². The molecular formula is C8H5ClF3NO3. The Morgan fingerprint density at radius 2 is 2.00 bits per heavy atom. The van der Waals surface area contributed by atoms with Crippen LogP contribution >= 0.6 is 11.6 Å². The van der Waals surface area contributed by atoms with Gasteiger partial charge in [0.15, 0.2) is 5.75 Å². The number of rotatable bonds is 2. The molecule has 88 valence electrons. The lowest BCUT2D eigenvalue weighted by atomic mass is 10.2. The number of carboxylic acid groups (broad SMARTS) is 1. The summed E-state index contributed by atoms with van der Waals surface area (Å²) >= 11 is 5.43. The number of carboxylic acids is 1. The van der Waals surface area contributed by atoms with Crippen LogP contribution in [-0.2, 0) is 0 Å². The molecule has 3 N–H and O–H groups in total. The molecule has 0 fully saturated rings. The van der Waals surface area contributed by atoms with Gasteiger partial charge in [-0.1, -0.05) is 11.6 Å². The Morgan fingerprint density at radius 1 is 1.44 bits per heavy atom. The van der Waals surface area contributed by atoms with E-state index in [1.165, 1.54) is 0 Å². The summed E-state index contributed by atoms with van der Waals surface area (Å²) in [6.45, 7) is 0. The molecule has 0 aliphatic rings. The van der Waals surface area contributed by atoms with Gasteiger partial charge in [-0.15, -0.1) is 13.2 Å². The van der Waals surface area contributed by atoms with Crippen LogP contribution in [0.15, 0.2) is 12.1 Å². The summed E-state index contributed by atoms with van der Waals surface area (Å²) in [5, 5.41) is 8.10. The number of nitrogens with two attached hydrogens (primary N) is 1. The van der Waals surface area contributed by atoms with Gasteiger partial charge in [-0.2, -0.15) is 0 Å². The molecule has 0 heterocycles. The highest BCUT2D eigenvalue weighted by Crippen LogP contribution is 2.35. The highest BCUT2D eigenvalue weighted by molar-refractivity contribution is 6.34. The Hall–Kier alpha value is -1.63. The molecule has 0 amide bonds. The van der Waals surface area contributed by atoms with E-state index in [-0.39, 0.29) is 5.69 Å². The van der Waals surface area contributed by atoms with Gasteiger partial charge >= 0.3 is 12.3 Å². The number of aromatic carboxylic acids is 1. The van der Waals surface area contributed by atoms with Crippen LogP contribution < -0.4 is 10.5 Å². The molecule has 0 saturated heterocycles. The van der Waals surface area contributed by atoms with Crippen LogP contribution in [-0.4, -0.2) is 17.4 Å². The average molecular weight is 256 g/mol. The third-order valence-corrected chi connectivity index (χ3v) is 1.94. The van der Waals surface area contributed by atoms with Crippen molar-refractivity contribution in [3.05, 3.63) is 22.7 Å². The number of hydrogen-bond acceptors (Lipinski definition) is 3. The quantitative estimate of drug-likeness (QED) is 0.797. The van der Waals surface area contributed by atoms with E-state index in [9.17, 15) is 18.0 Å². The van der Waals surface area contributed by atoms with Gasteiger partial charge in [0, 0.05) is 0 Å². The number of anilines is 1. The van der Waals surface area contributed by atoms with E-state index in [0.717, 1.165) is 6.07 Å². The Balaban J connectivity index is 3.22. The normalized spacial score (nSPS) is 11.2. The third-order valence-electron chi connectivity index (χ3n) is 1.54. The Bertz CT molecular complexity index is 433. The fourth-order valence-corrected chi connectivity index (χ4v) is 1.09. The molecule has 8 heteroatoms. The zero-order chi connectivity index (χ0) is 12.5. The highest BCUT2D eigenvalue weighted by atomic mass is 35.5. The van der Waals surface area contributed by atoms with Gasteiger partial charge in [0.05, 0.1) is 11.3 Å². The Labute approximate surface area is 92.4 Å². The predicted octanol–water partition coefficient (Wildman–Crippen LogP) is 2.52. The van der Waals surface area contributed by atoms with Crippen molar-refractivity contribution in [2.24, 2.45) is 0 Å². The fourth-order valence-electron chi connectivity index (χ4n) is 0.942. The second kappa shape index (κ2) is 4.09. The smallest absolute Gasteiger partial charge is 0.478 e. The molecule has 1 aromatic carbocycles. The van der Waals surface area contributed by atoms with Crippen molar-refractivity contribution < 1.29 is 27.8 Å². The summed E-state index contributed by atoms with van der Waals surface area (Å²) < 4.78 is 39.3. The van der Waals surface area contributed by atoms with Crippen LogP contribution in [0.3, 0.4) is 0 Å². The molecule has 1 rings (SSSR count). The molecule has 0 aromatic heterocycles. The lowest BCUT2D eigenvalue weighted by Gasteiger charge is -2.12. The topological polar surface area (TPSA) is 72.6 Å². The van der Waals surface area contributed by atoms with E-state index in [2.05, 4.69) is 4.74 Å². The van der Waals surface area contributed by atoms with Crippen LogP contribution in [0.1, 0.15) is 10.4 Å². The summed E-state index contributed by atoms with van der Waals surface area (Å²) in [5.41, 5.74) is 4.49. The molecule has 4 nitrogen and oxygen atoms in total. The van der Waals surface area contributed by atoms with Gasteiger partial charge in [0.2, 0.25) is 0 Å². The van der Waals surface area contributed by atoms with Crippen LogP contribution in [0, 0.1) is 0 Å². The van der Waals surface area contributed by atoms with E-state index < -0.39 is 28.7 Å². The maximum Gasteiger partial charge on any atom is 0.573 e. The summed E-state index contributed by atoms with van der Waals surface area (Å²) in [6, 6.07) is 1.59. The second-order valence-corrected chi connectivity index (χ2v) is 3.11. The van der Waals surface area contributed by atoms with Crippen molar-refractivity contribution in [2.75, 3.05) is 5.73 Å². The van der Waals surface area contributed by atoms with Crippen molar-refractivity contribution in [1.29, 1.82) is 0 Å². The first-order chi connectivity index (χ1) is 7.20. The molecule has 0 atom stereocenters. The third kappa shape index (κ3) is 2.93. The van der Waals surface area contributed by atoms with Crippen molar-refractivity contribution in [3.63, 3.8) is 0 Å². The van der Waals surface area contributed by atoms with Gasteiger partial charge in [-0.25, -0.2) is 4.79 Å². The summed E-state index contributed by atoms with van der Waals surface area (Å²) in [6.07, 6.45) is -4.97. The lowest BCUT2D eigenvalue weighted by molar-refractivity contribution is -0.274. The van der Waals surface area contributed by atoms with E-state index in [1.54, 1.807) is 0 Å². The summed E-state index contributed by atoms with van der Waals surface area (Å²) in [4.78, 5) is 10.5. The molecule has 0 aliphatic carbocycles. The summed E-state index contributed by atoms with van der Waals surface area (Å²) in [7, 11) is 0. The number of alkyl halides is 3. The van der Waals surface area contributed by atoms with E-state index >= 15 is 0 Å². The molecule has 0 aliphatic heterocycles. The van der Waals surface area contributed by atoms with Crippen molar-refractivity contribution in [3.8, 4) is 5.75 Å². The van der Waals surface area contributed by atoms with Crippen molar-refractivity contribution >= 4 is 23.3 Å². The second-order valence-electron chi connectivity index (χ2n) is 2.73. The molecule has 0 unspecified atom stereocenters. The van der Waals surface area contributed by atoms with Gasteiger partial charge in [0.1, 0.15) is 5.02 Å². The number of halogens is 4. The molecule has 0 radical (unpaired) electrons. The molecule has 1 aromatic rings. The minimum Gasteiger partial charge on any atom is -0.478 e. The summed E-state index contributed by atoms with van der Waals surface area (Å²) in [5.74, 6) is -2.28. The monoisotopic (exact) mass is 255 g/mol. The maximum atomic E-state index is 11.9. The van der Waals surface area contributed by atoms with Crippen LogP contribution in [0.2, 0.25) is 5.02 Å². The Morgan fingerprint density at radius 3 is 2.44 bits per heavy atom. The maximum absolute atomic E-state index is 11.9. The number of ether oxygens (including phenoxy) is 1. The number of hydrogen-bond donors (Lipinski definition) is 2. The number of benzene rings is 1. The van der Waals surface area contributed by atoms with Crippen molar-refractivity contribution in [1.82, 2.24) is 0 Å². The highest BCUT2D eigenvalue weighted by Gasteiger charge is 2.32. The number of nitrogen functional groups attached to an aromatic ring is 1. The predicted molar refractivity (Wildman–Crippen MR) is 49.5 cm³/mol. The first-order valence-electron chi connectivity index (χ1n) is 3.79. The van der Waals surface area contributed by atoms with Gasteiger partial charge in [0.25, 0.3) is 0 Å². The van der Waals surface area contributed by atoms with Crippen LogP contribution in [0.5, 0.6) is 5.75 Å². The molecular weight excluding hydrogens is 251 g/mol. The molecule has 16 heavy (non-hydrogen) atoms. The van der Waals surface area contributed by atoms with E-state index in [0.29, 0.717) is 6.07 Å². The fraction of sp³-hybridized carbons (Fsp3) is 0.125. The van der Waals surface area contributed by atoms with Crippen LogP contribution in [0.25, 0.3) is 0 Å². The zero-order valence-electron chi connectivity index (χ0n) is 7.51.